The molecule has 0 spiro atoms. The highest BCUT2D eigenvalue weighted by Gasteiger charge is 2.47. The van der Waals surface area contributed by atoms with Crippen LogP contribution in [0.2, 0.25) is 0 Å². The number of fused-ring (bicyclic) bond motifs is 23. The summed E-state index contributed by atoms with van der Waals surface area (Å²) in [6, 6.07) is 95.3. The number of benzene rings is 13. The van der Waals surface area contributed by atoms with Crippen molar-refractivity contribution in [2.75, 3.05) is 0 Å². The Balaban J connectivity index is 0.668. The predicted octanol–water partition coefficient (Wildman–Crippen LogP) is 30.3. The van der Waals surface area contributed by atoms with Gasteiger partial charge in [-0.1, -0.05) is 333 Å². The SMILES string of the molecule is CCCCCCCC1(CCCCCCC)c2ccccc2-c2ccc(-c3ccc4c(c3)C(C)(C)c3cc(-c5ccc(/C(=C/c6ccc7c(c6)C(C)(C)c6cc(-c8ccc(C)cc8)c8oc9ccccc9c8c6-7)c6ccc7c(c6)C(C)(C)c6cc8c(cc6-7)C(C)(C)c6ccc7c(c6-8)-c6ccccc6C7)cc5)ccc3-4)cc21. The van der Waals surface area contributed by atoms with Gasteiger partial charge < -0.3 is 4.42 Å². The molecule has 13 aromatic carbocycles. The molecule has 0 amide bonds. The van der Waals surface area contributed by atoms with E-state index in [2.05, 4.69) is 325 Å². The van der Waals surface area contributed by atoms with Crippen molar-refractivity contribution < 1.29 is 4.42 Å². The molecule has 0 N–H and O–H groups in total. The molecule has 20 rings (SSSR count). The molecular weight excluding hydrogens is 1330 g/mol. The van der Waals surface area contributed by atoms with Gasteiger partial charge in [0.1, 0.15) is 11.2 Å². The number of unbranched alkanes of at least 4 members (excludes halogenated alkanes) is 8. The topological polar surface area (TPSA) is 13.1 Å². The van der Waals surface area contributed by atoms with E-state index in [9.17, 15) is 0 Å². The largest absolute Gasteiger partial charge is 0.455 e. The molecule has 0 bridgehead atoms. The van der Waals surface area contributed by atoms with E-state index in [4.69, 9.17) is 4.42 Å². The highest BCUT2D eigenvalue weighted by molar-refractivity contribution is 6.19. The van der Waals surface area contributed by atoms with Gasteiger partial charge in [-0.15, -0.1) is 0 Å². The van der Waals surface area contributed by atoms with E-state index >= 15 is 0 Å². The summed E-state index contributed by atoms with van der Waals surface area (Å²) in [5, 5.41) is 2.36. The summed E-state index contributed by atoms with van der Waals surface area (Å²) in [6.45, 7) is 26.5. The fourth-order valence-corrected chi connectivity index (χ4v) is 21.8. The second-order valence-electron chi connectivity index (χ2n) is 35.8. The average Bonchev–Trinajstić information content (AvgIpc) is 1.54. The van der Waals surface area contributed by atoms with E-state index in [0.717, 1.165) is 28.5 Å². The van der Waals surface area contributed by atoms with Crippen molar-refractivity contribution in [2.45, 2.75) is 187 Å². The molecule has 0 aliphatic heterocycles. The van der Waals surface area contributed by atoms with Gasteiger partial charge in [-0.2, -0.15) is 0 Å². The van der Waals surface area contributed by atoms with Gasteiger partial charge in [0.2, 0.25) is 0 Å². The third-order valence-corrected chi connectivity index (χ3v) is 27.9. The zero-order chi connectivity index (χ0) is 74.9. The Morgan fingerprint density at radius 2 is 0.827 bits per heavy atom. The molecule has 1 heteroatoms. The van der Waals surface area contributed by atoms with Gasteiger partial charge in [0.15, 0.2) is 0 Å². The second kappa shape index (κ2) is 25.5. The molecule has 1 nitrogen and oxygen atoms in total. The van der Waals surface area contributed by atoms with E-state index < -0.39 is 0 Å². The van der Waals surface area contributed by atoms with Gasteiger partial charge in [0.25, 0.3) is 0 Å². The van der Waals surface area contributed by atoms with Crippen LogP contribution in [0.25, 0.3) is 134 Å². The van der Waals surface area contributed by atoms with E-state index in [1.807, 2.05) is 0 Å². The van der Waals surface area contributed by atoms with Crippen LogP contribution >= 0.6 is 0 Å². The Morgan fingerprint density at radius 1 is 0.327 bits per heavy atom. The van der Waals surface area contributed by atoms with Crippen molar-refractivity contribution in [1.29, 1.82) is 0 Å². The molecule has 0 atom stereocenters. The summed E-state index contributed by atoms with van der Waals surface area (Å²) < 4.78 is 6.93. The molecule has 0 saturated heterocycles. The molecule has 110 heavy (non-hydrogen) atoms. The smallest absolute Gasteiger partial charge is 0.143 e. The Bertz CT molecular complexity index is 6190. The minimum atomic E-state index is -0.304. The van der Waals surface area contributed by atoms with Crippen molar-refractivity contribution in [1.82, 2.24) is 0 Å². The monoisotopic (exact) mass is 1420 g/mol. The number of hydrogen-bond donors (Lipinski definition) is 0. The molecule has 0 saturated carbocycles. The molecule has 14 aromatic rings. The highest BCUT2D eigenvalue weighted by atomic mass is 16.3. The summed E-state index contributed by atoms with van der Waals surface area (Å²) in [4.78, 5) is 0. The molecule has 1 heterocycles. The average molecular weight is 1430 g/mol. The molecule has 542 valence electrons. The fraction of sp³-hybridized carbons (Fsp3) is 0.266. The van der Waals surface area contributed by atoms with Crippen LogP contribution in [-0.4, -0.2) is 0 Å². The van der Waals surface area contributed by atoms with Gasteiger partial charge in [-0.25, -0.2) is 0 Å². The summed E-state index contributed by atoms with van der Waals surface area (Å²) in [7, 11) is 0. The first-order chi connectivity index (χ1) is 53.3. The van der Waals surface area contributed by atoms with Crippen molar-refractivity contribution >= 4 is 33.6 Å². The van der Waals surface area contributed by atoms with Crippen LogP contribution < -0.4 is 0 Å². The molecule has 6 aliphatic rings. The van der Waals surface area contributed by atoms with Crippen LogP contribution in [-0.2, 0) is 33.5 Å². The lowest BCUT2D eigenvalue weighted by Crippen LogP contribution is -2.25. The molecule has 1 aromatic heterocycles. The number of rotatable bonds is 18. The summed E-state index contributed by atoms with van der Waals surface area (Å²) in [6.07, 6.45) is 19.0. The maximum Gasteiger partial charge on any atom is 0.143 e. The van der Waals surface area contributed by atoms with Crippen LogP contribution in [0.5, 0.6) is 0 Å². The van der Waals surface area contributed by atoms with Crippen LogP contribution in [0.4, 0.5) is 0 Å². The number of hydrogen-bond acceptors (Lipinski definition) is 1. The summed E-state index contributed by atoms with van der Waals surface area (Å²) in [5.74, 6) is 0. The van der Waals surface area contributed by atoms with Gasteiger partial charge >= 0.3 is 0 Å². The number of furan rings is 1. The predicted molar refractivity (Wildman–Crippen MR) is 466 cm³/mol. The van der Waals surface area contributed by atoms with E-state index in [1.165, 1.54) is 260 Å². The first-order valence-electron chi connectivity index (χ1n) is 41.5. The van der Waals surface area contributed by atoms with Crippen molar-refractivity contribution in [3.63, 3.8) is 0 Å². The molecule has 0 radical (unpaired) electrons. The fourth-order valence-electron chi connectivity index (χ4n) is 21.8. The lowest BCUT2D eigenvalue weighted by atomic mass is 9.70. The van der Waals surface area contributed by atoms with E-state index in [1.54, 1.807) is 11.1 Å². The van der Waals surface area contributed by atoms with Crippen LogP contribution in [0.1, 0.15) is 235 Å². The van der Waals surface area contributed by atoms with Crippen LogP contribution in [0.15, 0.2) is 247 Å². The Hall–Kier alpha value is -10.6. The van der Waals surface area contributed by atoms with Gasteiger partial charge in [0.05, 0.1) is 0 Å². The van der Waals surface area contributed by atoms with E-state index in [0.29, 0.717) is 0 Å². The lowest BCUT2D eigenvalue weighted by Gasteiger charge is -2.33. The lowest BCUT2D eigenvalue weighted by molar-refractivity contribution is 0.399. The maximum atomic E-state index is 6.93. The Morgan fingerprint density at radius 3 is 1.54 bits per heavy atom. The van der Waals surface area contributed by atoms with Gasteiger partial charge in [0, 0.05) is 43.4 Å². The first-order valence-corrected chi connectivity index (χ1v) is 41.5. The van der Waals surface area contributed by atoms with Crippen LogP contribution in [0.3, 0.4) is 0 Å². The maximum absolute atomic E-state index is 6.93. The minimum absolute atomic E-state index is 0.0423. The third kappa shape index (κ3) is 10.3. The minimum Gasteiger partial charge on any atom is -0.455 e. The van der Waals surface area contributed by atoms with Crippen molar-refractivity contribution in [2.24, 2.45) is 0 Å². The third-order valence-electron chi connectivity index (χ3n) is 27.9. The first kappa shape index (κ1) is 68.7. The normalized spacial score (nSPS) is 15.9. The highest BCUT2D eigenvalue weighted by Crippen LogP contribution is 2.62. The number of para-hydroxylation sites is 1. The standard InChI is InChI=1S/C109H100O/c1-12-14-16-18-26-54-109(55-27-19-17-15-13-2)89-32-24-22-30-78(89)81-51-45-73(61-97(81)109)72-44-50-80-79-49-43-71(59-92(79)106(6,7)93(80)60-72)68-39-41-69(42-40-68)85(56-67-36-48-83-91(57-67)108(10,11)98-63-86(70-37-34-66(3)35-38-70)104-103(101(83)98)84-31-23-25-33-99(84)110-104)75-46-52-82-87-64-96-88(65-95(87)107(8,9)94(82)62-75)102-90(105(96,4)5)53-47-76-58-74-28-20-21-29-77(74)100(76)102/h20-25,28-53,56-57,59-65H,12-19,26-27,54-55,58H2,1-11H3/b85-56-. The molecule has 6 aliphatic carbocycles. The second-order valence-corrected chi connectivity index (χ2v) is 35.8. The zero-order valence-corrected chi connectivity index (χ0v) is 66.3. The molecule has 0 fully saturated rings. The quantitative estimate of drug-likeness (QED) is 0.0616. The molecule has 0 unspecified atom stereocenters. The van der Waals surface area contributed by atoms with Crippen LogP contribution in [0, 0.1) is 6.92 Å². The Kier molecular flexibility index (Phi) is 15.9. The Labute approximate surface area is 652 Å². The van der Waals surface area contributed by atoms with E-state index in [-0.39, 0.29) is 27.1 Å². The van der Waals surface area contributed by atoms with Crippen molar-refractivity contribution in [3.8, 4) is 100 Å². The molecular formula is C109H100O. The van der Waals surface area contributed by atoms with Gasteiger partial charge in [-0.3, -0.25) is 0 Å². The summed E-state index contributed by atoms with van der Waals surface area (Å²) >= 11 is 0. The van der Waals surface area contributed by atoms with Crippen molar-refractivity contribution in [3.05, 3.63) is 332 Å². The zero-order valence-electron chi connectivity index (χ0n) is 66.3. The van der Waals surface area contributed by atoms with Gasteiger partial charge in [-0.05, 0) is 264 Å². The summed E-state index contributed by atoms with van der Waals surface area (Å²) in [5.41, 5.74) is 48.3. The number of aryl methyl sites for hydroxylation is 1.